The van der Waals surface area contributed by atoms with Gasteiger partial charge in [0.25, 0.3) is 5.91 Å². The van der Waals surface area contributed by atoms with Gasteiger partial charge in [0.2, 0.25) is 15.9 Å². The Morgan fingerprint density at radius 3 is 2.57 bits per heavy atom. The second-order valence-corrected chi connectivity index (χ2v) is 12.2. The summed E-state index contributed by atoms with van der Waals surface area (Å²) in [7, 11) is -3.71. The third kappa shape index (κ3) is 5.95. The summed E-state index contributed by atoms with van der Waals surface area (Å²) in [4.78, 5) is 40.1. The highest BCUT2D eigenvalue weighted by Gasteiger charge is 2.61. The van der Waals surface area contributed by atoms with Crippen LogP contribution in [-0.2, 0) is 37.4 Å². The summed E-state index contributed by atoms with van der Waals surface area (Å²) in [6, 6.07) is 4.91. The Kier molecular flexibility index (Phi) is 8.96. The Labute approximate surface area is 233 Å². The highest BCUT2D eigenvalue weighted by molar-refractivity contribution is 7.91. The number of ether oxygens (including phenoxy) is 1. The Bertz CT molecular complexity index is 1180. The van der Waals surface area contributed by atoms with Gasteiger partial charge >= 0.3 is 6.09 Å². The van der Waals surface area contributed by atoms with Gasteiger partial charge in [-0.2, -0.15) is 0 Å². The molecule has 3 N–H and O–H groups in total. The van der Waals surface area contributed by atoms with Crippen LogP contribution in [-0.4, -0.2) is 60.7 Å². The van der Waals surface area contributed by atoms with Gasteiger partial charge in [0.15, 0.2) is 0 Å². The predicted molar refractivity (Wildman–Crippen MR) is 141 cm³/mol. The van der Waals surface area contributed by atoms with E-state index in [2.05, 4.69) is 15.4 Å². The number of halogens is 3. The number of rotatable bonds is 7. The molecule has 14 heteroatoms. The normalized spacial score (nSPS) is 27.8. The van der Waals surface area contributed by atoms with Gasteiger partial charge in [0.05, 0.1) is 17.8 Å². The zero-order valence-electron chi connectivity index (χ0n) is 20.2. The lowest BCUT2D eigenvalue weighted by molar-refractivity contribution is -0.130. The molecular weight excluding hydrogens is 567 g/mol. The minimum atomic E-state index is -3.71. The van der Waals surface area contributed by atoms with Crippen molar-refractivity contribution in [1.82, 2.24) is 20.3 Å². The third-order valence-electron chi connectivity index (χ3n) is 7.41. The average Bonchev–Trinajstić information content (AvgIpc) is 3.69. The van der Waals surface area contributed by atoms with E-state index in [4.69, 9.17) is 16.3 Å². The van der Waals surface area contributed by atoms with Gasteiger partial charge in [-0.25, -0.2) is 13.2 Å². The van der Waals surface area contributed by atoms with Gasteiger partial charge in [-0.3, -0.25) is 19.2 Å². The molecule has 2 unspecified atom stereocenters. The molecule has 0 radical (unpaired) electrons. The molecule has 10 nitrogen and oxygen atoms in total. The summed E-state index contributed by atoms with van der Waals surface area (Å²) in [6.45, 7) is 2.99. The van der Waals surface area contributed by atoms with Crippen molar-refractivity contribution < 1.29 is 27.5 Å². The van der Waals surface area contributed by atoms with Crippen LogP contribution in [0.4, 0.5) is 4.79 Å². The Morgan fingerprint density at radius 2 is 1.95 bits per heavy atom. The van der Waals surface area contributed by atoms with E-state index >= 15 is 0 Å². The topological polar surface area (TPSA) is 134 Å². The summed E-state index contributed by atoms with van der Waals surface area (Å²) in [6.07, 6.45) is 1.40. The molecule has 4 atom stereocenters. The van der Waals surface area contributed by atoms with Gasteiger partial charge in [0, 0.05) is 24.5 Å². The highest BCUT2D eigenvalue weighted by Crippen LogP contribution is 2.46. The van der Waals surface area contributed by atoms with Gasteiger partial charge in [-0.05, 0) is 42.4 Å². The number of hydrogen-bond donors (Lipinski definition) is 3. The van der Waals surface area contributed by atoms with E-state index in [1.54, 1.807) is 11.0 Å². The summed E-state index contributed by atoms with van der Waals surface area (Å²) in [5.41, 5.74) is 0.679. The first-order valence-corrected chi connectivity index (χ1v) is 13.9. The number of benzene rings is 1. The molecule has 5 rings (SSSR count). The van der Waals surface area contributed by atoms with Gasteiger partial charge in [-0.15, -0.1) is 24.8 Å². The molecule has 1 saturated heterocycles. The zero-order chi connectivity index (χ0) is 25.0. The van der Waals surface area contributed by atoms with Crippen LogP contribution >= 0.6 is 36.4 Å². The lowest BCUT2D eigenvalue weighted by atomic mass is 10.1. The number of hydrogen-bond acceptors (Lipinski definition) is 7. The highest BCUT2D eigenvalue weighted by atomic mass is 35.5. The molecule has 0 aromatic heterocycles. The molecule has 3 fully saturated rings. The van der Waals surface area contributed by atoms with Crippen molar-refractivity contribution in [2.75, 3.05) is 6.54 Å². The van der Waals surface area contributed by atoms with Crippen LogP contribution in [0.5, 0.6) is 0 Å². The van der Waals surface area contributed by atoms with Gasteiger partial charge < -0.3 is 15.4 Å². The average molecular weight is 598 g/mol. The smallest absolute Gasteiger partial charge is 0.410 e. The fourth-order valence-corrected chi connectivity index (χ4v) is 6.64. The molecule has 1 aromatic carbocycles. The molecule has 0 spiro atoms. The SMILES string of the molecule is CCC1CC1(NC(=O)[C@@H]1C[C@@H](OC(=O)N2Cc3cccc(Cl)c3C2)CN1)C(=O)NS(=O)(=O)C1CC1.Cl.Cl. The number of amides is 3. The standard InChI is InChI=1S/C23H29ClN4O6S.2ClH/c1-2-14-9-23(14,21(30)27-35(32,33)16-6-7-16)26-20(29)19-8-15(10-25-19)34-22(31)28-11-13-4-3-5-18(24)17(13)12-28;;/h3-5,14-16,19,25H,2,6-12H2,1H3,(H,26,29)(H,27,30);2*1H/t14?,15-,19+,23?;;/m1../s1. The van der Waals surface area contributed by atoms with E-state index in [1.807, 2.05) is 19.1 Å². The first-order chi connectivity index (χ1) is 16.6. The van der Waals surface area contributed by atoms with E-state index < -0.39 is 50.9 Å². The maximum absolute atomic E-state index is 13.0. The first-order valence-electron chi connectivity index (χ1n) is 12.0. The Hall–Kier alpha value is -1.79. The molecule has 2 aliphatic carbocycles. The second-order valence-electron chi connectivity index (χ2n) is 9.88. The number of nitrogens with one attached hydrogen (secondary N) is 3. The molecule has 1 aromatic rings. The number of carbonyl (C=O) groups excluding carboxylic acids is 3. The van der Waals surface area contributed by atoms with Gasteiger partial charge in [-0.1, -0.05) is 37.1 Å². The van der Waals surface area contributed by atoms with E-state index in [0.29, 0.717) is 50.3 Å². The molecule has 3 amide bonds. The number of carbonyl (C=O) groups is 3. The maximum Gasteiger partial charge on any atom is 0.410 e. The van der Waals surface area contributed by atoms with Crippen molar-refractivity contribution in [2.45, 2.75) is 75.1 Å². The van der Waals surface area contributed by atoms with Crippen molar-refractivity contribution in [1.29, 1.82) is 0 Å². The molecule has 0 bridgehead atoms. The quantitative estimate of drug-likeness (QED) is 0.439. The van der Waals surface area contributed by atoms with Crippen LogP contribution < -0.4 is 15.4 Å². The van der Waals surface area contributed by atoms with Crippen LogP contribution in [0.15, 0.2) is 18.2 Å². The van der Waals surface area contributed by atoms with Crippen molar-refractivity contribution >= 4 is 64.3 Å². The molecule has 206 valence electrons. The van der Waals surface area contributed by atoms with Crippen LogP contribution in [0.25, 0.3) is 0 Å². The molecular formula is C23H31Cl3N4O6S. The molecule has 37 heavy (non-hydrogen) atoms. The second kappa shape index (κ2) is 11.1. The van der Waals surface area contributed by atoms with Crippen molar-refractivity contribution in [3.05, 3.63) is 34.3 Å². The predicted octanol–water partition coefficient (Wildman–Crippen LogP) is 2.26. The molecule has 4 aliphatic rings. The largest absolute Gasteiger partial charge is 0.445 e. The zero-order valence-corrected chi connectivity index (χ0v) is 23.4. The Balaban J connectivity index is 0.00000190. The number of nitrogens with zero attached hydrogens (tertiary/aromatic N) is 1. The number of sulfonamides is 1. The van der Waals surface area contributed by atoms with E-state index in [1.165, 1.54) is 0 Å². The Morgan fingerprint density at radius 1 is 1.22 bits per heavy atom. The molecule has 2 saturated carbocycles. The van der Waals surface area contributed by atoms with E-state index in [9.17, 15) is 22.8 Å². The van der Waals surface area contributed by atoms with Gasteiger partial charge in [0.1, 0.15) is 11.6 Å². The molecule has 2 aliphatic heterocycles. The monoisotopic (exact) mass is 596 g/mol. The minimum absolute atomic E-state index is 0. The lowest BCUT2D eigenvalue weighted by Gasteiger charge is -2.21. The first kappa shape index (κ1) is 29.8. The van der Waals surface area contributed by atoms with Crippen molar-refractivity contribution in [3.63, 3.8) is 0 Å². The van der Waals surface area contributed by atoms with Crippen molar-refractivity contribution in [3.8, 4) is 0 Å². The van der Waals surface area contributed by atoms with Crippen LogP contribution in [0, 0.1) is 5.92 Å². The summed E-state index contributed by atoms with van der Waals surface area (Å²) in [5.74, 6) is -1.20. The lowest BCUT2D eigenvalue weighted by Crippen LogP contribution is -2.55. The fraction of sp³-hybridized carbons (Fsp3) is 0.609. The number of fused-ring (bicyclic) bond motifs is 1. The maximum atomic E-state index is 13.0. The van der Waals surface area contributed by atoms with Crippen LogP contribution in [0.2, 0.25) is 5.02 Å². The third-order valence-corrected chi connectivity index (χ3v) is 9.58. The van der Waals surface area contributed by atoms with Crippen LogP contribution in [0.1, 0.15) is 50.2 Å². The van der Waals surface area contributed by atoms with E-state index in [0.717, 1.165) is 11.1 Å². The van der Waals surface area contributed by atoms with Crippen molar-refractivity contribution in [2.24, 2.45) is 5.92 Å². The molecule has 2 heterocycles. The summed E-state index contributed by atoms with van der Waals surface area (Å²) >= 11 is 6.22. The summed E-state index contributed by atoms with van der Waals surface area (Å²) in [5, 5.41) is 5.94. The van der Waals surface area contributed by atoms with E-state index in [-0.39, 0.29) is 37.2 Å². The minimum Gasteiger partial charge on any atom is -0.445 e. The summed E-state index contributed by atoms with van der Waals surface area (Å²) < 4.78 is 32.3. The fourth-order valence-electron chi connectivity index (χ4n) is 5.02. The van der Waals surface area contributed by atoms with Crippen LogP contribution in [0.3, 0.4) is 0 Å².